The van der Waals surface area contributed by atoms with Gasteiger partial charge in [-0.15, -0.1) is 0 Å². The van der Waals surface area contributed by atoms with E-state index in [4.69, 9.17) is 4.74 Å². The largest absolute Gasteiger partial charge is 0.382 e. The molecule has 1 atom stereocenters. The topological polar surface area (TPSA) is 38.3 Å². The fourth-order valence-electron chi connectivity index (χ4n) is 0.931. The molecule has 1 N–H and O–H groups in total. The normalized spacial score (nSPS) is 13.1. The minimum absolute atomic E-state index is 0. The third-order valence-electron chi connectivity index (χ3n) is 1.62. The summed E-state index contributed by atoms with van der Waals surface area (Å²) < 4.78 is 16.5. The highest BCUT2D eigenvalue weighted by Crippen LogP contribution is 1.88. The maximum atomic E-state index is 11.3. The van der Waals surface area contributed by atoms with E-state index in [1.54, 1.807) is 0 Å². The molecule has 0 fully saturated rings. The Morgan fingerprint density at radius 3 is 2.77 bits per heavy atom. The van der Waals surface area contributed by atoms with Crippen LogP contribution in [0.15, 0.2) is 0 Å². The summed E-state index contributed by atoms with van der Waals surface area (Å²) in [6.45, 7) is 7.33. The van der Waals surface area contributed by atoms with E-state index in [1.807, 2.05) is 6.92 Å². The summed E-state index contributed by atoms with van der Waals surface area (Å²) >= 11 is 0. The molecule has 82 valence electrons. The molecule has 0 aromatic heterocycles. The van der Waals surface area contributed by atoms with Gasteiger partial charge in [0.25, 0.3) is 0 Å². The van der Waals surface area contributed by atoms with E-state index in [0.717, 1.165) is 44.2 Å². The average molecular weight is 209 g/mol. The first-order valence-electron chi connectivity index (χ1n) is 4.94. The second kappa shape index (κ2) is 10.2. The molecule has 0 aromatic rings. The highest BCUT2D eigenvalue weighted by Gasteiger charge is 1.98. The summed E-state index contributed by atoms with van der Waals surface area (Å²) in [5.74, 6) is 1.53. The van der Waals surface area contributed by atoms with Gasteiger partial charge >= 0.3 is 0 Å². The Bertz CT molecular complexity index is 136. The van der Waals surface area contributed by atoms with Crippen molar-refractivity contribution in [1.29, 1.82) is 0 Å². The highest BCUT2D eigenvalue weighted by molar-refractivity contribution is 7.84. The maximum Gasteiger partial charge on any atom is 0.0474 e. The monoisotopic (exact) mass is 209 g/mol. The molecular weight excluding hydrogens is 186 g/mol. The Morgan fingerprint density at radius 1 is 1.38 bits per heavy atom. The number of hydrogen-bond donors (Lipinski definition) is 1. The van der Waals surface area contributed by atoms with Gasteiger partial charge in [0.1, 0.15) is 0 Å². The molecule has 0 bridgehead atoms. The van der Waals surface area contributed by atoms with Crippen LogP contribution in [0.1, 0.15) is 21.7 Å². The van der Waals surface area contributed by atoms with Crippen molar-refractivity contribution in [2.75, 3.05) is 37.8 Å². The van der Waals surface area contributed by atoms with Crippen LogP contribution in [-0.4, -0.2) is 42.0 Å². The molecule has 0 radical (unpaired) electrons. The molecule has 0 rings (SSSR count). The number of hydrogen-bond acceptors (Lipinski definition) is 3. The number of nitrogens with one attached hydrogen (secondary N) is 1. The van der Waals surface area contributed by atoms with Crippen LogP contribution in [0, 0.1) is 0 Å². The smallest absolute Gasteiger partial charge is 0.0474 e. The average Bonchev–Trinajstić information content (AvgIpc) is 2.13. The van der Waals surface area contributed by atoms with Gasteiger partial charge in [0.05, 0.1) is 0 Å². The standard InChI is InChI=1S/C9H21NO2S.H2/c1-3-10-6-9-13(11)8-5-7-12-4-2;/h10H,3-9H2,1-2H3;1H. The van der Waals surface area contributed by atoms with Gasteiger partial charge in [-0.2, -0.15) is 0 Å². The van der Waals surface area contributed by atoms with Gasteiger partial charge in [0.15, 0.2) is 0 Å². The molecule has 0 aliphatic carbocycles. The van der Waals surface area contributed by atoms with Crippen molar-refractivity contribution in [3.63, 3.8) is 0 Å². The zero-order chi connectivity index (χ0) is 9.94. The molecule has 0 aliphatic heterocycles. The first-order chi connectivity index (χ1) is 6.31. The maximum absolute atomic E-state index is 11.3. The first-order valence-corrected chi connectivity index (χ1v) is 6.43. The minimum Gasteiger partial charge on any atom is -0.382 e. The molecule has 0 aliphatic rings. The van der Waals surface area contributed by atoms with Crippen LogP contribution in [0.25, 0.3) is 0 Å². The van der Waals surface area contributed by atoms with Crippen molar-refractivity contribution in [1.82, 2.24) is 5.32 Å². The van der Waals surface area contributed by atoms with Gasteiger partial charge in [0, 0.05) is 43.5 Å². The van der Waals surface area contributed by atoms with Crippen LogP contribution in [0.5, 0.6) is 0 Å². The fraction of sp³-hybridized carbons (Fsp3) is 1.00. The summed E-state index contributed by atoms with van der Waals surface area (Å²) in [5.41, 5.74) is 0. The van der Waals surface area contributed by atoms with Crippen LogP contribution in [-0.2, 0) is 15.5 Å². The molecule has 0 amide bonds. The Morgan fingerprint density at radius 2 is 2.15 bits per heavy atom. The Hall–Kier alpha value is 0.0700. The Balaban J connectivity index is 0. The van der Waals surface area contributed by atoms with E-state index in [1.165, 1.54) is 0 Å². The zero-order valence-corrected chi connectivity index (χ0v) is 9.49. The predicted octanol–water partition coefficient (Wildman–Crippen LogP) is 1.02. The molecule has 0 saturated carbocycles. The summed E-state index contributed by atoms with van der Waals surface area (Å²) in [7, 11) is -0.667. The van der Waals surface area contributed by atoms with Gasteiger partial charge < -0.3 is 10.1 Å². The molecule has 4 heteroatoms. The van der Waals surface area contributed by atoms with E-state index in [0.29, 0.717) is 0 Å². The minimum atomic E-state index is -0.667. The predicted molar refractivity (Wildman–Crippen MR) is 59.6 cm³/mol. The number of rotatable bonds is 9. The van der Waals surface area contributed by atoms with Crippen LogP contribution in [0.2, 0.25) is 0 Å². The van der Waals surface area contributed by atoms with Crippen molar-refractivity contribution in [3.05, 3.63) is 0 Å². The van der Waals surface area contributed by atoms with Crippen molar-refractivity contribution in [3.8, 4) is 0 Å². The second-order valence-electron chi connectivity index (χ2n) is 2.75. The van der Waals surface area contributed by atoms with E-state index in [9.17, 15) is 4.21 Å². The Kier molecular flexibility index (Phi) is 10.2. The van der Waals surface area contributed by atoms with Crippen LogP contribution < -0.4 is 5.32 Å². The van der Waals surface area contributed by atoms with Crippen molar-refractivity contribution in [2.45, 2.75) is 20.3 Å². The van der Waals surface area contributed by atoms with Crippen molar-refractivity contribution < 1.29 is 10.4 Å². The molecular formula is C9H23NO2S. The summed E-state index contributed by atoms with van der Waals surface area (Å²) in [6, 6.07) is 0. The zero-order valence-electron chi connectivity index (χ0n) is 8.67. The molecule has 3 nitrogen and oxygen atoms in total. The SMILES string of the molecule is CCNCCS(=O)CCCOCC.[HH]. The molecule has 0 heterocycles. The van der Waals surface area contributed by atoms with Crippen LogP contribution >= 0.6 is 0 Å². The lowest BCUT2D eigenvalue weighted by atomic mass is 10.5. The summed E-state index contributed by atoms with van der Waals surface area (Å²) in [4.78, 5) is 0. The van der Waals surface area contributed by atoms with E-state index in [2.05, 4.69) is 12.2 Å². The first kappa shape index (κ1) is 13.1. The van der Waals surface area contributed by atoms with E-state index < -0.39 is 10.8 Å². The molecule has 0 aromatic carbocycles. The second-order valence-corrected chi connectivity index (χ2v) is 4.45. The number of ether oxygens (including phenoxy) is 1. The summed E-state index contributed by atoms with van der Waals surface area (Å²) in [6.07, 6.45) is 0.909. The summed E-state index contributed by atoms with van der Waals surface area (Å²) in [5, 5.41) is 3.16. The van der Waals surface area contributed by atoms with Crippen LogP contribution in [0.4, 0.5) is 0 Å². The van der Waals surface area contributed by atoms with Crippen molar-refractivity contribution in [2.24, 2.45) is 0 Å². The van der Waals surface area contributed by atoms with Gasteiger partial charge in [0.2, 0.25) is 0 Å². The fourth-order valence-corrected chi connectivity index (χ4v) is 1.95. The Labute approximate surface area is 85.2 Å². The molecule has 13 heavy (non-hydrogen) atoms. The van der Waals surface area contributed by atoms with Crippen LogP contribution in [0.3, 0.4) is 0 Å². The molecule has 0 saturated heterocycles. The third kappa shape index (κ3) is 9.99. The van der Waals surface area contributed by atoms with Gasteiger partial charge in [-0.1, -0.05) is 6.92 Å². The van der Waals surface area contributed by atoms with E-state index in [-0.39, 0.29) is 1.43 Å². The van der Waals surface area contributed by atoms with Gasteiger partial charge in [-0.25, -0.2) is 0 Å². The quantitative estimate of drug-likeness (QED) is 0.576. The lowest BCUT2D eigenvalue weighted by molar-refractivity contribution is 0.149. The van der Waals surface area contributed by atoms with Crippen molar-refractivity contribution >= 4 is 10.8 Å². The van der Waals surface area contributed by atoms with Gasteiger partial charge in [-0.3, -0.25) is 4.21 Å². The lowest BCUT2D eigenvalue weighted by Crippen LogP contribution is -2.21. The lowest BCUT2D eigenvalue weighted by Gasteiger charge is -2.03. The molecule has 1 unspecified atom stereocenters. The van der Waals surface area contributed by atoms with Gasteiger partial charge in [-0.05, 0) is 19.9 Å². The van der Waals surface area contributed by atoms with E-state index >= 15 is 0 Å². The third-order valence-corrected chi connectivity index (χ3v) is 3.02. The highest BCUT2D eigenvalue weighted by atomic mass is 32.2. The molecule has 0 spiro atoms.